The molecule has 0 N–H and O–H groups in total. The number of aromatic nitrogens is 1. The highest BCUT2D eigenvalue weighted by atomic mass is 16.5. The zero-order valence-electron chi connectivity index (χ0n) is 15.2. The van der Waals surface area contributed by atoms with E-state index in [0.29, 0.717) is 6.10 Å². The van der Waals surface area contributed by atoms with Crippen LogP contribution in [0.5, 0.6) is 5.75 Å². The molecule has 1 heterocycles. The summed E-state index contributed by atoms with van der Waals surface area (Å²) in [6.45, 7) is 0. The summed E-state index contributed by atoms with van der Waals surface area (Å²) in [4.78, 5) is 4.19. The standard InChI is InChI=1S/C22H29N2O/c1-24(18-3-4-18,19-5-6-19)20-7-10-21(11-8-20)25-22-9-2-17-15-23-13-12-16(17)14-22/h2,9,12-15,18-21H,3-8,10-11H2,1H3/q+1. The lowest BCUT2D eigenvalue weighted by molar-refractivity contribution is -0.955. The second kappa shape index (κ2) is 5.98. The van der Waals surface area contributed by atoms with Crippen LogP contribution < -0.4 is 4.74 Å². The maximum absolute atomic E-state index is 6.35. The van der Waals surface area contributed by atoms with Gasteiger partial charge in [0.1, 0.15) is 5.75 Å². The third-order valence-electron chi connectivity index (χ3n) is 7.01. The van der Waals surface area contributed by atoms with Gasteiger partial charge in [-0.05, 0) is 42.5 Å². The average molecular weight is 337 g/mol. The summed E-state index contributed by atoms with van der Waals surface area (Å²) in [5.41, 5.74) is 0. The quantitative estimate of drug-likeness (QED) is 0.738. The first-order valence-electron chi connectivity index (χ1n) is 10.1. The van der Waals surface area contributed by atoms with Gasteiger partial charge in [0.15, 0.2) is 0 Å². The maximum Gasteiger partial charge on any atom is 0.120 e. The van der Waals surface area contributed by atoms with Crippen molar-refractivity contribution in [3.05, 3.63) is 36.7 Å². The SMILES string of the molecule is C[N+](C1CCC(Oc2ccc3cnccc3c2)CC1)(C1CC1)C1CC1. The minimum Gasteiger partial charge on any atom is -0.490 e. The van der Waals surface area contributed by atoms with Crippen LogP contribution in [-0.2, 0) is 0 Å². The van der Waals surface area contributed by atoms with Crippen molar-refractivity contribution in [2.75, 3.05) is 7.05 Å². The highest BCUT2D eigenvalue weighted by molar-refractivity contribution is 5.82. The lowest BCUT2D eigenvalue weighted by atomic mass is 9.90. The molecule has 0 bridgehead atoms. The van der Waals surface area contributed by atoms with Crippen LogP contribution in [-0.4, -0.2) is 40.7 Å². The van der Waals surface area contributed by atoms with E-state index in [4.69, 9.17) is 4.74 Å². The van der Waals surface area contributed by atoms with Crippen molar-refractivity contribution in [2.45, 2.75) is 75.6 Å². The molecule has 3 aliphatic rings. The van der Waals surface area contributed by atoms with Crippen molar-refractivity contribution in [1.29, 1.82) is 0 Å². The first-order valence-corrected chi connectivity index (χ1v) is 10.1. The Morgan fingerprint density at radius 2 is 1.48 bits per heavy atom. The molecule has 0 amide bonds. The highest BCUT2D eigenvalue weighted by Gasteiger charge is 2.55. The Morgan fingerprint density at radius 1 is 0.840 bits per heavy atom. The van der Waals surface area contributed by atoms with E-state index < -0.39 is 0 Å². The van der Waals surface area contributed by atoms with Gasteiger partial charge in [-0.1, -0.05) is 0 Å². The number of fused-ring (bicyclic) bond motifs is 1. The molecule has 1 aromatic carbocycles. The number of hydrogen-bond acceptors (Lipinski definition) is 2. The predicted octanol–water partition coefficient (Wildman–Crippen LogP) is 4.70. The molecule has 25 heavy (non-hydrogen) atoms. The Labute approximate surface area is 150 Å². The second-order valence-corrected chi connectivity index (χ2v) is 8.62. The van der Waals surface area contributed by atoms with Gasteiger partial charge in [-0.2, -0.15) is 0 Å². The smallest absolute Gasteiger partial charge is 0.120 e. The van der Waals surface area contributed by atoms with Gasteiger partial charge in [0, 0.05) is 56.3 Å². The molecule has 3 fully saturated rings. The van der Waals surface area contributed by atoms with Crippen LogP contribution in [0.25, 0.3) is 10.8 Å². The van der Waals surface area contributed by atoms with Gasteiger partial charge in [0.25, 0.3) is 0 Å². The average Bonchev–Trinajstić information content (AvgIpc) is 3.54. The van der Waals surface area contributed by atoms with E-state index in [1.807, 2.05) is 12.4 Å². The van der Waals surface area contributed by atoms with Crippen LogP contribution in [0.3, 0.4) is 0 Å². The molecule has 5 rings (SSSR count). The van der Waals surface area contributed by atoms with Gasteiger partial charge in [0.05, 0.1) is 31.3 Å². The van der Waals surface area contributed by atoms with Crippen LogP contribution in [0.4, 0.5) is 0 Å². The summed E-state index contributed by atoms with van der Waals surface area (Å²) < 4.78 is 7.75. The zero-order chi connectivity index (χ0) is 16.9. The summed E-state index contributed by atoms with van der Waals surface area (Å²) >= 11 is 0. The second-order valence-electron chi connectivity index (χ2n) is 8.62. The topological polar surface area (TPSA) is 22.1 Å². The van der Waals surface area contributed by atoms with Crippen molar-refractivity contribution < 1.29 is 9.22 Å². The third kappa shape index (κ3) is 2.93. The van der Waals surface area contributed by atoms with Crippen LogP contribution in [0.2, 0.25) is 0 Å². The summed E-state index contributed by atoms with van der Waals surface area (Å²) in [6.07, 6.45) is 15.1. The molecule has 0 atom stereocenters. The Balaban J connectivity index is 1.24. The van der Waals surface area contributed by atoms with Gasteiger partial charge in [0.2, 0.25) is 0 Å². The molecule has 0 aliphatic heterocycles. The Morgan fingerprint density at radius 3 is 2.12 bits per heavy atom. The normalized spacial score (nSPS) is 27.4. The molecule has 3 heteroatoms. The van der Waals surface area contributed by atoms with Crippen molar-refractivity contribution in [3.8, 4) is 5.75 Å². The van der Waals surface area contributed by atoms with Gasteiger partial charge < -0.3 is 9.22 Å². The summed E-state index contributed by atoms with van der Waals surface area (Å²) in [6, 6.07) is 11.3. The number of benzene rings is 1. The zero-order valence-corrected chi connectivity index (χ0v) is 15.2. The van der Waals surface area contributed by atoms with Crippen molar-refractivity contribution in [1.82, 2.24) is 4.98 Å². The molecule has 0 spiro atoms. The van der Waals surface area contributed by atoms with E-state index in [9.17, 15) is 0 Å². The first-order chi connectivity index (χ1) is 12.2. The number of hydrogen-bond donors (Lipinski definition) is 0. The first kappa shape index (κ1) is 15.6. The van der Waals surface area contributed by atoms with E-state index in [0.717, 1.165) is 23.9 Å². The molecule has 1 aromatic heterocycles. The van der Waals surface area contributed by atoms with Gasteiger partial charge in [-0.3, -0.25) is 4.98 Å². The monoisotopic (exact) mass is 337 g/mol. The van der Waals surface area contributed by atoms with E-state index in [2.05, 4.69) is 36.3 Å². The minimum absolute atomic E-state index is 0.391. The fourth-order valence-corrected chi connectivity index (χ4v) is 5.20. The summed E-state index contributed by atoms with van der Waals surface area (Å²) in [7, 11) is 2.57. The largest absolute Gasteiger partial charge is 0.490 e. The molecular formula is C22H29N2O+. The number of nitrogens with zero attached hydrogens (tertiary/aromatic N) is 2. The van der Waals surface area contributed by atoms with Gasteiger partial charge in [-0.25, -0.2) is 0 Å². The van der Waals surface area contributed by atoms with Crippen molar-refractivity contribution in [3.63, 3.8) is 0 Å². The van der Waals surface area contributed by atoms with Crippen LogP contribution in [0.15, 0.2) is 36.7 Å². The molecule has 3 nitrogen and oxygen atoms in total. The van der Waals surface area contributed by atoms with E-state index in [1.54, 1.807) is 0 Å². The molecule has 3 aliphatic carbocycles. The molecule has 0 radical (unpaired) electrons. The molecule has 0 saturated heterocycles. The molecule has 2 aromatic rings. The molecular weight excluding hydrogens is 308 g/mol. The number of ether oxygens (including phenoxy) is 1. The van der Waals surface area contributed by atoms with Crippen LogP contribution in [0.1, 0.15) is 51.4 Å². The number of quaternary nitrogens is 1. The van der Waals surface area contributed by atoms with Crippen LogP contribution in [0, 0.1) is 0 Å². The predicted molar refractivity (Wildman–Crippen MR) is 101 cm³/mol. The maximum atomic E-state index is 6.35. The van der Waals surface area contributed by atoms with Crippen molar-refractivity contribution >= 4 is 10.8 Å². The van der Waals surface area contributed by atoms with Crippen molar-refractivity contribution in [2.24, 2.45) is 0 Å². The van der Waals surface area contributed by atoms with Gasteiger partial charge in [-0.15, -0.1) is 0 Å². The Bertz CT molecular complexity index is 745. The Kier molecular flexibility index (Phi) is 3.74. The summed E-state index contributed by atoms with van der Waals surface area (Å²) in [5.74, 6) is 1.02. The third-order valence-corrected chi connectivity index (χ3v) is 7.01. The highest BCUT2D eigenvalue weighted by Crippen LogP contribution is 2.48. The van der Waals surface area contributed by atoms with E-state index >= 15 is 0 Å². The van der Waals surface area contributed by atoms with E-state index in [1.165, 1.54) is 66.6 Å². The number of pyridine rings is 1. The van der Waals surface area contributed by atoms with Gasteiger partial charge >= 0.3 is 0 Å². The molecule has 3 saturated carbocycles. The fraction of sp³-hybridized carbons (Fsp3) is 0.591. The fourth-order valence-electron chi connectivity index (χ4n) is 5.20. The van der Waals surface area contributed by atoms with Crippen LogP contribution >= 0.6 is 0 Å². The molecule has 132 valence electrons. The lowest BCUT2D eigenvalue weighted by Crippen LogP contribution is -2.57. The number of rotatable bonds is 5. The Hall–Kier alpha value is -1.61. The lowest BCUT2D eigenvalue weighted by Gasteiger charge is -2.45. The summed E-state index contributed by atoms with van der Waals surface area (Å²) in [5, 5.41) is 2.40. The minimum atomic E-state index is 0.391. The molecule has 0 unspecified atom stereocenters. The van der Waals surface area contributed by atoms with E-state index in [-0.39, 0.29) is 0 Å².